The van der Waals surface area contributed by atoms with Crippen LogP contribution in [0, 0.1) is 6.92 Å². The van der Waals surface area contributed by atoms with Gasteiger partial charge in [-0.15, -0.1) is 0 Å². The van der Waals surface area contributed by atoms with E-state index >= 15 is 0 Å². The van der Waals surface area contributed by atoms with E-state index in [0.29, 0.717) is 11.3 Å². The van der Waals surface area contributed by atoms with Crippen LogP contribution < -0.4 is 5.32 Å². The Hall–Kier alpha value is -1.88. The highest BCUT2D eigenvalue weighted by atomic mass is 35.5. The van der Waals surface area contributed by atoms with Crippen LogP contribution >= 0.6 is 11.6 Å². The van der Waals surface area contributed by atoms with E-state index in [1.54, 1.807) is 30.2 Å². The van der Waals surface area contributed by atoms with Crippen LogP contribution in [0.25, 0.3) is 0 Å². The molecule has 0 fully saturated rings. The fraction of sp³-hybridized carbons (Fsp3) is 0.182. The first-order valence-electron chi connectivity index (χ1n) is 4.99. The van der Waals surface area contributed by atoms with E-state index in [-0.39, 0.29) is 11.1 Å². The van der Waals surface area contributed by atoms with E-state index in [0.717, 1.165) is 5.56 Å². The number of pyridine rings is 1. The molecule has 0 aliphatic heterocycles. The number of rotatable bonds is 2. The predicted octanol–water partition coefficient (Wildman–Crippen LogP) is 2.03. The lowest BCUT2D eigenvalue weighted by Gasteiger charge is -2.08. The first-order valence-corrected chi connectivity index (χ1v) is 5.37. The highest BCUT2D eigenvalue weighted by molar-refractivity contribution is 6.32. The number of nitrogens with zero attached hydrogens (tertiary/aromatic N) is 3. The zero-order valence-electron chi connectivity index (χ0n) is 9.44. The summed E-state index contributed by atoms with van der Waals surface area (Å²) in [5, 5.41) is 6.93. The molecule has 0 aliphatic rings. The lowest BCUT2D eigenvalue weighted by atomic mass is 10.2. The Balaban J connectivity index is 2.24. The maximum Gasteiger partial charge on any atom is 0.258 e. The molecule has 0 saturated heterocycles. The molecule has 2 rings (SSSR count). The van der Waals surface area contributed by atoms with Gasteiger partial charge >= 0.3 is 0 Å². The first-order chi connectivity index (χ1) is 8.08. The Morgan fingerprint density at radius 3 is 2.88 bits per heavy atom. The predicted molar refractivity (Wildman–Crippen MR) is 65.1 cm³/mol. The van der Waals surface area contributed by atoms with Gasteiger partial charge in [-0.3, -0.25) is 9.48 Å². The summed E-state index contributed by atoms with van der Waals surface area (Å²) in [6.07, 6.45) is 4.72. The molecule has 0 aliphatic carbocycles. The fourth-order valence-electron chi connectivity index (χ4n) is 1.40. The molecule has 0 bridgehead atoms. The summed E-state index contributed by atoms with van der Waals surface area (Å²) in [4.78, 5) is 15.8. The molecule has 1 N–H and O–H groups in total. The molecule has 5 nitrogen and oxygen atoms in total. The summed E-state index contributed by atoms with van der Waals surface area (Å²) in [7, 11) is 1.75. The van der Waals surface area contributed by atoms with E-state index in [1.165, 1.54) is 6.20 Å². The second-order valence-electron chi connectivity index (χ2n) is 3.65. The number of aryl methyl sites for hydroxylation is 2. The van der Waals surface area contributed by atoms with Gasteiger partial charge in [0, 0.05) is 19.4 Å². The maximum absolute atomic E-state index is 11.9. The maximum atomic E-state index is 11.9. The van der Waals surface area contributed by atoms with Crippen LogP contribution in [0.1, 0.15) is 15.9 Å². The average molecular weight is 251 g/mol. The summed E-state index contributed by atoms with van der Waals surface area (Å²) >= 11 is 5.92. The molecule has 2 aromatic heterocycles. The number of aromatic nitrogens is 3. The normalized spacial score (nSPS) is 10.3. The average Bonchev–Trinajstić information content (AvgIpc) is 2.70. The minimum absolute atomic E-state index is 0.254. The third kappa shape index (κ3) is 2.45. The monoisotopic (exact) mass is 250 g/mol. The fourth-order valence-corrected chi connectivity index (χ4v) is 1.65. The molecule has 0 spiro atoms. The van der Waals surface area contributed by atoms with Crippen molar-refractivity contribution in [3.8, 4) is 0 Å². The van der Waals surface area contributed by atoms with Gasteiger partial charge in [0.1, 0.15) is 0 Å². The highest BCUT2D eigenvalue weighted by Crippen LogP contribution is 2.23. The number of amides is 1. The minimum Gasteiger partial charge on any atom is -0.319 e. The van der Waals surface area contributed by atoms with E-state index in [2.05, 4.69) is 15.4 Å². The van der Waals surface area contributed by atoms with Crippen molar-refractivity contribution in [3.05, 3.63) is 40.9 Å². The van der Waals surface area contributed by atoms with Crippen molar-refractivity contribution in [2.45, 2.75) is 6.92 Å². The van der Waals surface area contributed by atoms with Crippen molar-refractivity contribution in [2.24, 2.45) is 7.05 Å². The number of hydrogen-bond donors (Lipinski definition) is 1. The van der Waals surface area contributed by atoms with Crippen LogP contribution in [-0.2, 0) is 7.05 Å². The van der Waals surface area contributed by atoms with Crippen LogP contribution in [-0.4, -0.2) is 20.7 Å². The van der Waals surface area contributed by atoms with E-state index in [9.17, 15) is 4.79 Å². The van der Waals surface area contributed by atoms with Gasteiger partial charge in [-0.05, 0) is 18.6 Å². The second kappa shape index (κ2) is 4.55. The SMILES string of the molecule is Cc1ccnc(Cl)c1NC(=O)c1cnn(C)c1. The molecule has 88 valence electrons. The Labute approximate surface area is 103 Å². The van der Waals surface area contributed by atoms with E-state index < -0.39 is 0 Å². The van der Waals surface area contributed by atoms with Crippen LogP contribution in [0.2, 0.25) is 5.15 Å². The van der Waals surface area contributed by atoms with Crippen LogP contribution in [0.4, 0.5) is 5.69 Å². The molecular formula is C11H11ClN4O. The smallest absolute Gasteiger partial charge is 0.258 e. The van der Waals surface area contributed by atoms with Gasteiger partial charge in [-0.1, -0.05) is 11.6 Å². The molecule has 6 heteroatoms. The Bertz CT molecular complexity index is 544. The quantitative estimate of drug-likeness (QED) is 0.830. The number of nitrogens with one attached hydrogen (secondary N) is 1. The summed E-state index contributed by atoms with van der Waals surface area (Å²) in [6.45, 7) is 1.85. The molecule has 1 amide bonds. The van der Waals surface area contributed by atoms with Crippen molar-refractivity contribution in [1.82, 2.24) is 14.8 Å². The molecule has 0 aromatic carbocycles. The van der Waals surface area contributed by atoms with Gasteiger partial charge in [0.2, 0.25) is 0 Å². The van der Waals surface area contributed by atoms with Gasteiger partial charge in [0.25, 0.3) is 5.91 Å². The number of halogens is 1. The van der Waals surface area contributed by atoms with Crippen molar-refractivity contribution >= 4 is 23.2 Å². The van der Waals surface area contributed by atoms with E-state index in [1.807, 2.05) is 6.92 Å². The number of carbonyl (C=O) groups is 1. The summed E-state index contributed by atoms with van der Waals surface area (Å²) in [5.74, 6) is -0.254. The molecule has 17 heavy (non-hydrogen) atoms. The Morgan fingerprint density at radius 2 is 2.29 bits per heavy atom. The van der Waals surface area contributed by atoms with Crippen LogP contribution in [0.5, 0.6) is 0 Å². The summed E-state index contributed by atoms with van der Waals surface area (Å²) < 4.78 is 1.56. The Kier molecular flexibility index (Phi) is 3.10. The van der Waals surface area contributed by atoms with E-state index in [4.69, 9.17) is 11.6 Å². The zero-order chi connectivity index (χ0) is 12.4. The van der Waals surface area contributed by atoms with Crippen molar-refractivity contribution in [1.29, 1.82) is 0 Å². The third-order valence-corrected chi connectivity index (χ3v) is 2.61. The van der Waals surface area contributed by atoms with Gasteiger partial charge in [0.05, 0.1) is 17.4 Å². The van der Waals surface area contributed by atoms with Crippen molar-refractivity contribution in [2.75, 3.05) is 5.32 Å². The van der Waals surface area contributed by atoms with Crippen LogP contribution in [0.3, 0.4) is 0 Å². The lowest BCUT2D eigenvalue weighted by molar-refractivity contribution is 0.102. The standard InChI is InChI=1S/C11H11ClN4O/c1-7-3-4-13-10(12)9(7)15-11(17)8-5-14-16(2)6-8/h3-6H,1-2H3,(H,15,17). The first kappa shape index (κ1) is 11.6. The summed E-state index contributed by atoms with van der Waals surface area (Å²) in [6, 6.07) is 1.78. The van der Waals surface area contributed by atoms with Gasteiger partial charge in [0.15, 0.2) is 5.15 Å². The molecule has 0 atom stereocenters. The van der Waals surface area contributed by atoms with Gasteiger partial charge in [-0.2, -0.15) is 5.10 Å². The lowest BCUT2D eigenvalue weighted by Crippen LogP contribution is -2.12. The minimum atomic E-state index is -0.254. The number of anilines is 1. The zero-order valence-corrected chi connectivity index (χ0v) is 10.2. The largest absolute Gasteiger partial charge is 0.319 e. The topological polar surface area (TPSA) is 59.8 Å². The molecule has 0 unspecified atom stereocenters. The number of hydrogen-bond acceptors (Lipinski definition) is 3. The molecular weight excluding hydrogens is 240 g/mol. The van der Waals surface area contributed by atoms with Crippen molar-refractivity contribution < 1.29 is 4.79 Å². The van der Waals surface area contributed by atoms with Gasteiger partial charge in [-0.25, -0.2) is 4.98 Å². The van der Waals surface area contributed by atoms with Crippen LogP contribution in [0.15, 0.2) is 24.7 Å². The molecule has 0 saturated carbocycles. The molecule has 2 heterocycles. The van der Waals surface area contributed by atoms with Gasteiger partial charge < -0.3 is 5.32 Å². The molecule has 0 radical (unpaired) electrons. The Morgan fingerprint density at radius 1 is 1.53 bits per heavy atom. The summed E-state index contributed by atoms with van der Waals surface area (Å²) in [5.41, 5.74) is 1.87. The van der Waals surface area contributed by atoms with Crippen molar-refractivity contribution in [3.63, 3.8) is 0 Å². The number of carbonyl (C=O) groups excluding carboxylic acids is 1. The highest BCUT2D eigenvalue weighted by Gasteiger charge is 2.12. The third-order valence-electron chi connectivity index (χ3n) is 2.32. The second-order valence-corrected chi connectivity index (χ2v) is 4.01. The molecule has 2 aromatic rings.